The minimum absolute atomic E-state index is 0.0595. The summed E-state index contributed by atoms with van der Waals surface area (Å²) in [7, 11) is 0. The summed E-state index contributed by atoms with van der Waals surface area (Å²) in [6, 6.07) is 12.8. The van der Waals surface area contributed by atoms with E-state index in [1.807, 2.05) is 38.1 Å². The molecule has 5 nitrogen and oxygen atoms in total. The van der Waals surface area contributed by atoms with Crippen molar-refractivity contribution in [2.24, 2.45) is 5.73 Å². The van der Waals surface area contributed by atoms with Gasteiger partial charge in [0.25, 0.3) is 5.91 Å². The number of rotatable bonds is 3. The third-order valence-corrected chi connectivity index (χ3v) is 4.68. The van der Waals surface area contributed by atoms with Crippen LogP contribution in [0.4, 0.5) is 0 Å². The molecule has 0 spiro atoms. The average molecular weight is 335 g/mol. The molecule has 25 heavy (non-hydrogen) atoms. The molecule has 4 rings (SSSR count). The summed E-state index contributed by atoms with van der Waals surface area (Å²) >= 11 is 0. The Morgan fingerprint density at radius 3 is 2.72 bits per heavy atom. The molecular weight excluding hydrogens is 318 g/mol. The van der Waals surface area contributed by atoms with Gasteiger partial charge in [0, 0.05) is 16.4 Å². The maximum atomic E-state index is 13.1. The van der Waals surface area contributed by atoms with E-state index in [2.05, 4.69) is 0 Å². The van der Waals surface area contributed by atoms with Gasteiger partial charge in [0.2, 0.25) is 0 Å². The highest BCUT2D eigenvalue weighted by molar-refractivity contribution is 6.19. The van der Waals surface area contributed by atoms with Crippen LogP contribution in [0.2, 0.25) is 0 Å². The minimum Gasteiger partial charge on any atom is -0.484 e. The molecule has 2 N–H and O–H groups in total. The third-order valence-electron chi connectivity index (χ3n) is 4.68. The molecule has 0 radical (unpaired) electrons. The zero-order valence-electron chi connectivity index (χ0n) is 14.0. The van der Waals surface area contributed by atoms with Crippen LogP contribution in [0.15, 0.2) is 46.9 Å². The van der Waals surface area contributed by atoms with Crippen LogP contribution in [0.25, 0.3) is 11.0 Å². The highest BCUT2D eigenvalue weighted by atomic mass is 16.5. The molecule has 126 valence electrons. The van der Waals surface area contributed by atoms with Crippen LogP contribution >= 0.6 is 0 Å². The Morgan fingerprint density at radius 2 is 1.96 bits per heavy atom. The summed E-state index contributed by atoms with van der Waals surface area (Å²) in [5.41, 5.74) is 7.37. The Hall–Kier alpha value is -3.08. The highest BCUT2D eigenvalue weighted by Gasteiger charge is 2.41. The standard InChI is InChI=1S/C20H17NO4/c1-20(2)14-9-11(24-10-16(21)22)7-8-12(14)18(23)17-13-5-3-4-6-15(13)25-19(17)20/h3-9H,10H2,1-2H3,(H2,21,22). The van der Waals surface area contributed by atoms with Crippen LogP contribution in [0.3, 0.4) is 0 Å². The van der Waals surface area contributed by atoms with Crippen molar-refractivity contribution < 1.29 is 18.7 Å². The van der Waals surface area contributed by atoms with Gasteiger partial charge in [0.15, 0.2) is 12.4 Å². The lowest BCUT2D eigenvalue weighted by Crippen LogP contribution is -2.29. The van der Waals surface area contributed by atoms with E-state index in [4.69, 9.17) is 14.9 Å². The van der Waals surface area contributed by atoms with Crippen LogP contribution in [-0.2, 0) is 10.2 Å². The van der Waals surface area contributed by atoms with Gasteiger partial charge in [-0.2, -0.15) is 0 Å². The first-order chi connectivity index (χ1) is 11.9. The van der Waals surface area contributed by atoms with E-state index < -0.39 is 11.3 Å². The number of ketones is 1. The number of ether oxygens (including phenoxy) is 1. The van der Waals surface area contributed by atoms with Crippen molar-refractivity contribution >= 4 is 22.7 Å². The minimum atomic E-state index is -0.548. The molecule has 0 aliphatic heterocycles. The molecule has 0 atom stereocenters. The second-order valence-electron chi connectivity index (χ2n) is 6.72. The van der Waals surface area contributed by atoms with Crippen LogP contribution < -0.4 is 10.5 Å². The topological polar surface area (TPSA) is 82.5 Å². The van der Waals surface area contributed by atoms with Gasteiger partial charge in [-0.15, -0.1) is 0 Å². The molecule has 0 bridgehead atoms. The number of furan rings is 1. The lowest BCUT2D eigenvalue weighted by atomic mass is 9.72. The Balaban J connectivity index is 1.89. The monoisotopic (exact) mass is 335 g/mol. The van der Waals surface area contributed by atoms with E-state index in [0.717, 1.165) is 10.9 Å². The van der Waals surface area contributed by atoms with E-state index in [9.17, 15) is 9.59 Å². The molecule has 0 saturated heterocycles. The number of primary amides is 1. The number of carbonyl (C=O) groups excluding carboxylic acids is 2. The maximum absolute atomic E-state index is 13.1. The van der Waals surface area contributed by atoms with E-state index in [1.54, 1.807) is 18.2 Å². The van der Waals surface area contributed by atoms with Gasteiger partial charge < -0.3 is 14.9 Å². The van der Waals surface area contributed by atoms with Crippen molar-refractivity contribution in [3.8, 4) is 5.75 Å². The number of hydrogen-bond acceptors (Lipinski definition) is 4. The van der Waals surface area contributed by atoms with Crippen LogP contribution in [0.1, 0.15) is 41.1 Å². The van der Waals surface area contributed by atoms with Crippen molar-refractivity contribution in [3.63, 3.8) is 0 Å². The smallest absolute Gasteiger partial charge is 0.255 e. The predicted octanol–water partition coefficient (Wildman–Crippen LogP) is 3.17. The maximum Gasteiger partial charge on any atom is 0.255 e. The summed E-state index contributed by atoms with van der Waals surface area (Å²) in [6.45, 7) is 3.82. The molecule has 5 heteroatoms. The van der Waals surface area contributed by atoms with Crippen LogP contribution in [0, 0.1) is 0 Å². The quantitative estimate of drug-likeness (QED) is 0.797. The number of amides is 1. The molecule has 1 aliphatic rings. The first kappa shape index (κ1) is 15.4. The lowest BCUT2D eigenvalue weighted by molar-refractivity contribution is -0.119. The molecule has 1 aliphatic carbocycles. The second-order valence-corrected chi connectivity index (χ2v) is 6.72. The SMILES string of the molecule is CC1(C)c2cc(OCC(N)=O)ccc2C(=O)c2c1oc1ccccc21. The van der Waals surface area contributed by atoms with Crippen molar-refractivity contribution in [2.75, 3.05) is 6.61 Å². The largest absolute Gasteiger partial charge is 0.484 e. The second kappa shape index (κ2) is 5.21. The van der Waals surface area contributed by atoms with Crippen molar-refractivity contribution in [1.82, 2.24) is 0 Å². The van der Waals surface area contributed by atoms with Crippen LogP contribution in [0.5, 0.6) is 5.75 Å². The molecule has 1 amide bonds. The fraction of sp³-hybridized carbons (Fsp3) is 0.200. The summed E-state index contributed by atoms with van der Waals surface area (Å²) in [6.07, 6.45) is 0. The third kappa shape index (κ3) is 2.23. The number of benzene rings is 2. The van der Waals surface area contributed by atoms with Gasteiger partial charge >= 0.3 is 0 Å². The Bertz CT molecular complexity index is 1030. The molecule has 1 heterocycles. The normalized spacial score (nSPS) is 14.9. The molecule has 1 aromatic heterocycles. The number of nitrogens with two attached hydrogens (primary N) is 1. The number of fused-ring (bicyclic) bond motifs is 4. The van der Waals surface area contributed by atoms with Crippen molar-refractivity contribution in [2.45, 2.75) is 19.3 Å². The first-order valence-corrected chi connectivity index (χ1v) is 8.02. The van der Waals surface area contributed by atoms with E-state index >= 15 is 0 Å². The van der Waals surface area contributed by atoms with Crippen molar-refractivity contribution in [3.05, 3.63) is 64.9 Å². The fourth-order valence-electron chi connectivity index (χ4n) is 3.45. The molecule has 3 aromatic rings. The number of carbonyl (C=O) groups is 2. The zero-order chi connectivity index (χ0) is 17.8. The molecule has 0 fully saturated rings. The van der Waals surface area contributed by atoms with Crippen molar-refractivity contribution in [1.29, 1.82) is 0 Å². The first-order valence-electron chi connectivity index (χ1n) is 8.02. The number of hydrogen-bond donors (Lipinski definition) is 1. The Kier molecular flexibility index (Phi) is 3.22. The molecule has 0 unspecified atom stereocenters. The lowest BCUT2D eigenvalue weighted by Gasteiger charge is -2.30. The Labute approximate surface area is 144 Å². The summed E-state index contributed by atoms with van der Waals surface area (Å²) < 4.78 is 11.4. The highest BCUT2D eigenvalue weighted by Crippen LogP contribution is 2.46. The van der Waals surface area contributed by atoms with E-state index in [1.165, 1.54) is 0 Å². The van der Waals surface area contributed by atoms with Gasteiger partial charge in [-0.25, -0.2) is 0 Å². The van der Waals surface area contributed by atoms with Gasteiger partial charge in [-0.3, -0.25) is 9.59 Å². The van der Waals surface area contributed by atoms with Gasteiger partial charge in [0.1, 0.15) is 17.1 Å². The molecule has 0 saturated carbocycles. The zero-order valence-corrected chi connectivity index (χ0v) is 14.0. The fourth-order valence-corrected chi connectivity index (χ4v) is 3.45. The summed E-state index contributed by atoms with van der Waals surface area (Å²) in [5, 5.41) is 0.829. The van der Waals surface area contributed by atoms with Gasteiger partial charge in [-0.1, -0.05) is 18.2 Å². The average Bonchev–Trinajstić information content (AvgIpc) is 2.99. The van der Waals surface area contributed by atoms with E-state index in [0.29, 0.717) is 28.2 Å². The summed E-state index contributed by atoms with van der Waals surface area (Å²) in [5.74, 6) is 0.541. The predicted molar refractivity (Wildman–Crippen MR) is 92.9 cm³/mol. The molecular formula is C20H17NO4. The molecule has 2 aromatic carbocycles. The van der Waals surface area contributed by atoms with Crippen LogP contribution in [-0.4, -0.2) is 18.3 Å². The summed E-state index contributed by atoms with van der Waals surface area (Å²) in [4.78, 5) is 24.0. The van der Waals surface area contributed by atoms with E-state index in [-0.39, 0.29) is 12.4 Å². The number of para-hydroxylation sites is 1. The van der Waals surface area contributed by atoms with Gasteiger partial charge in [0.05, 0.1) is 5.56 Å². The van der Waals surface area contributed by atoms with Gasteiger partial charge in [-0.05, 0) is 43.7 Å². The Morgan fingerprint density at radius 1 is 1.20 bits per heavy atom.